The van der Waals surface area contributed by atoms with E-state index in [0.29, 0.717) is 26.2 Å². The Bertz CT molecular complexity index is 383. The van der Waals surface area contributed by atoms with Crippen molar-refractivity contribution in [3.05, 3.63) is 29.8 Å². The van der Waals surface area contributed by atoms with Crippen molar-refractivity contribution < 1.29 is 22.6 Å². The molecular formula is C14H20F3NO2. The van der Waals surface area contributed by atoms with E-state index in [2.05, 4.69) is 0 Å². The lowest BCUT2D eigenvalue weighted by molar-refractivity contribution is -0.137. The minimum Gasteiger partial charge on any atom is -0.493 e. The molecular weight excluding hydrogens is 271 g/mol. The number of alkyl halides is 3. The minimum absolute atomic E-state index is 0.00288. The number of hydrogen-bond donors (Lipinski definition) is 1. The number of benzene rings is 1. The summed E-state index contributed by atoms with van der Waals surface area (Å²) in [7, 11) is 0. The van der Waals surface area contributed by atoms with Crippen molar-refractivity contribution in [2.75, 3.05) is 19.8 Å². The molecule has 0 atom stereocenters. The van der Waals surface area contributed by atoms with E-state index < -0.39 is 12.6 Å². The molecule has 6 heteroatoms. The van der Waals surface area contributed by atoms with Gasteiger partial charge in [0.15, 0.2) is 0 Å². The van der Waals surface area contributed by atoms with Crippen LogP contribution in [0.2, 0.25) is 0 Å². The summed E-state index contributed by atoms with van der Waals surface area (Å²) in [6.07, 6.45) is -4.25. The second-order valence-corrected chi connectivity index (χ2v) is 4.38. The smallest absolute Gasteiger partial charge is 0.389 e. The minimum atomic E-state index is -4.10. The Kier molecular flexibility index (Phi) is 7.40. The van der Waals surface area contributed by atoms with Crippen molar-refractivity contribution in [3.63, 3.8) is 0 Å². The highest BCUT2D eigenvalue weighted by Crippen LogP contribution is 2.21. The normalized spacial score (nSPS) is 11.6. The first kappa shape index (κ1) is 16.8. The van der Waals surface area contributed by atoms with Crippen LogP contribution in [0.3, 0.4) is 0 Å². The lowest BCUT2D eigenvalue weighted by Crippen LogP contribution is -2.10. The van der Waals surface area contributed by atoms with Crippen molar-refractivity contribution in [3.8, 4) is 5.75 Å². The van der Waals surface area contributed by atoms with Crippen LogP contribution in [0.5, 0.6) is 5.75 Å². The summed E-state index contributed by atoms with van der Waals surface area (Å²) in [5.41, 5.74) is 6.51. The Labute approximate surface area is 116 Å². The molecule has 0 aliphatic carbocycles. The van der Waals surface area contributed by atoms with E-state index in [4.69, 9.17) is 15.2 Å². The fraction of sp³-hybridized carbons (Fsp3) is 0.571. The first-order valence-corrected chi connectivity index (χ1v) is 6.57. The monoisotopic (exact) mass is 291 g/mol. The van der Waals surface area contributed by atoms with Gasteiger partial charge >= 0.3 is 6.18 Å². The number of rotatable bonds is 9. The maximum Gasteiger partial charge on any atom is 0.389 e. The van der Waals surface area contributed by atoms with Crippen LogP contribution in [0, 0.1) is 0 Å². The highest BCUT2D eigenvalue weighted by Gasteiger charge is 2.25. The molecule has 0 fully saturated rings. The van der Waals surface area contributed by atoms with Crippen LogP contribution in [0.25, 0.3) is 0 Å². The van der Waals surface area contributed by atoms with Crippen LogP contribution < -0.4 is 10.5 Å². The third kappa shape index (κ3) is 8.01. The largest absolute Gasteiger partial charge is 0.493 e. The second-order valence-electron chi connectivity index (χ2n) is 4.38. The molecule has 1 aromatic carbocycles. The van der Waals surface area contributed by atoms with Crippen molar-refractivity contribution in [2.24, 2.45) is 5.73 Å². The van der Waals surface area contributed by atoms with E-state index >= 15 is 0 Å². The topological polar surface area (TPSA) is 44.5 Å². The van der Waals surface area contributed by atoms with Gasteiger partial charge in [0, 0.05) is 32.6 Å². The molecule has 0 unspecified atom stereocenters. The second kappa shape index (κ2) is 8.81. The molecule has 0 amide bonds. The van der Waals surface area contributed by atoms with Crippen LogP contribution in [-0.2, 0) is 11.3 Å². The third-order valence-corrected chi connectivity index (χ3v) is 2.58. The summed E-state index contributed by atoms with van der Waals surface area (Å²) in [5.74, 6) is 0.741. The van der Waals surface area contributed by atoms with Crippen molar-refractivity contribution in [2.45, 2.75) is 32.0 Å². The van der Waals surface area contributed by atoms with Gasteiger partial charge in [-0.1, -0.05) is 12.1 Å². The molecule has 1 rings (SSSR count). The van der Waals surface area contributed by atoms with Gasteiger partial charge in [0.25, 0.3) is 0 Å². The lowest BCUT2D eigenvalue weighted by atomic mass is 10.2. The summed E-state index contributed by atoms with van der Waals surface area (Å²) in [4.78, 5) is 0. The van der Waals surface area contributed by atoms with Crippen molar-refractivity contribution in [1.82, 2.24) is 0 Å². The summed E-state index contributed by atoms with van der Waals surface area (Å²) in [6, 6.07) is 7.48. The molecule has 0 aliphatic rings. The van der Waals surface area contributed by atoms with Gasteiger partial charge in [-0.15, -0.1) is 0 Å². The van der Waals surface area contributed by atoms with Crippen LogP contribution in [0.4, 0.5) is 13.2 Å². The SMILES string of the molecule is NCc1cccc(OCCCOCCCC(F)(F)F)c1. The predicted molar refractivity (Wildman–Crippen MR) is 70.6 cm³/mol. The van der Waals surface area contributed by atoms with Crippen LogP contribution in [0.15, 0.2) is 24.3 Å². The molecule has 0 saturated carbocycles. The van der Waals surface area contributed by atoms with Crippen molar-refractivity contribution >= 4 is 0 Å². The number of halogens is 3. The molecule has 0 heterocycles. The Morgan fingerprint density at radius 1 is 1.05 bits per heavy atom. The molecule has 0 radical (unpaired) electrons. The average Bonchev–Trinajstić information content (AvgIpc) is 2.41. The van der Waals surface area contributed by atoms with Gasteiger partial charge in [-0.3, -0.25) is 0 Å². The Morgan fingerprint density at radius 3 is 2.50 bits per heavy atom. The molecule has 0 bridgehead atoms. The number of hydrogen-bond acceptors (Lipinski definition) is 3. The zero-order valence-electron chi connectivity index (χ0n) is 11.3. The first-order chi connectivity index (χ1) is 9.51. The van der Waals surface area contributed by atoms with E-state index in [1.54, 1.807) is 0 Å². The Morgan fingerprint density at radius 2 is 1.80 bits per heavy atom. The van der Waals surface area contributed by atoms with Gasteiger partial charge in [-0.2, -0.15) is 13.2 Å². The number of ether oxygens (including phenoxy) is 2. The fourth-order valence-corrected chi connectivity index (χ4v) is 1.59. The fourth-order valence-electron chi connectivity index (χ4n) is 1.59. The van der Waals surface area contributed by atoms with Gasteiger partial charge in [0.05, 0.1) is 6.61 Å². The average molecular weight is 291 g/mol. The summed E-state index contributed by atoms with van der Waals surface area (Å²) >= 11 is 0. The van der Waals surface area contributed by atoms with Gasteiger partial charge in [0.1, 0.15) is 5.75 Å². The lowest BCUT2D eigenvalue weighted by Gasteiger charge is -2.08. The zero-order valence-corrected chi connectivity index (χ0v) is 11.3. The molecule has 0 aliphatic heterocycles. The number of nitrogens with two attached hydrogens (primary N) is 1. The van der Waals surface area contributed by atoms with Crippen LogP contribution >= 0.6 is 0 Å². The van der Waals surface area contributed by atoms with Crippen LogP contribution in [-0.4, -0.2) is 26.0 Å². The Balaban J connectivity index is 2.02. The van der Waals surface area contributed by atoms with E-state index in [1.807, 2.05) is 24.3 Å². The van der Waals surface area contributed by atoms with Gasteiger partial charge < -0.3 is 15.2 Å². The summed E-state index contributed by atoms with van der Waals surface area (Å²) in [5, 5.41) is 0. The quantitative estimate of drug-likeness (QED) is 0.710. The van der Waals surface area contributed by atoms with E-state index in [9.17, 15) is 13.2 Å². The highest BCUT2D eigenvalue weighted by atomic mass is 19.4. The van der Waals surface area contributed by atoms with E-state index in [-0.39, 0.29) is 13.0 Å². The summed E-state index contributed by atoms with van der Waals surface area (Å²) < 4.78 is 46.2. The highest BCUT2D eigenvalue weighted by molar-refractivity contribution is 5.28. The molecule has 114 valence electrons. The molecule has 3 nitrogen and oxygen atoms in total. The first-order valence-electron chi connectivity index (χ1n) is 6.57. The third-order valence-electron chi connectivity index (χ3n) is 2.58. The molecule has 0 saturated heterocycles. The van der Waals surface area contributed by atoms with Gasteiger partial charge in [-0.25, -0.2) is 0 Å². The van der Waals surface area contributed by atoms with Crippen molar-refractivity contribution in [1.29, 1.82) is 0 Å². The maximum absolute atomic E-state index is 11.9. The standard InChI is InChI=1S/C14H20F3NO2/c15-14(16,17)6-2-7-19-8-3-9-20-13-5-1-4-12(10-13)11-18/h1,4-5,10H,2-3,6-9,11,18H2. The molecule has 0 spiro atoms. The predicted octanol–water partition coefficient (Wildman–Crippen LogP) is 3.27. The van der Waals surface area contributed by atoms with Gasteiger partial charge in [0.2, 0.25) is 0 Å². The van der Waals surface area contributed by atoms with E-state index in [0.717, 1.165) is 11.3 Å². The Hall–Kier alpha value is -1.27. The molecule has 2 N–H and O–H groups in total. The maximum atomic E-state index is 11.9. The van der Waals surface area contributed by atoms with Crippen LogP contribution in [0.1, 0.15) is 24.8 Å². The van der Waals surface area contributed by atoms with E-state index in [1.165, 1.54) is 0 Å². The van der Waals surface area contributed by atoms with Gasteiger partial charge in [-0.05, 0) is 24.1 Å². The molecule has 1 aromatic rings. The molecule has 20 heavy (non-hydrogen) atoms. The molecule has 0 aromatic heterocycles. The zero-order chi connectivity index (χ0) is 14.8. The summed E-state index contributed by atoms with van der Waals surface area (Å²) in [6.45, 7) is 1.45.